The maximum absolute atomic E-state index is 4.79. The largest absolute Gasteiger partial charge is 0.316 e. The molecule has 2 nitrogen and oxygen atoms in total. The molecule has 2 heteroatoms. The molecule has 1 saturated heterocycles. The standard InChI is InChI=1S/C14H20N2/c1-2-13(8-11-4-5-11)16-14(3-1)9-12-6-7-15-10-12/h1-3,11-12,15H,4-10H2. The topological polar surface area (TPSA) is 24.9 Å². The van der Waals surface area contributed by atoms with Crippen LogP contribution in [0.25, 0.3) is 0 Å². The van der Waals surface area contributed by atoms with Crippen molar-refractivity contribution in [2.45, 2.75) is 32.1 Å². The fourth-order valence-corrected chi connectivity index (χ4v) is 2.56. The van der Waals surface area contributed by atoms with Crippen LogP contribution in [0.2, 0.25) is 0 Å². The normalized spacial score (nSPS) is 24.9. The van der Waals surface area contributed by atoms with Crippen LogP contribution in [0.15, 0.2) is 18.2 Å². The zero-order valence-electron chi connectivity index (χ0n) is 9.78. The van der Waals surface area contributed by atoms with E-state index in [1.807, 2.05) is 0 Å². The zero-order chi connectivity index (χ0) is 10.8. The first-order chi connectivity index (χ1) is 7.90. The summed E-state index contributed by atoms with van der Waals surface area (Å²) < 4.78 is 0. The molecule has 2 aliphatic rings. The number of hydrogen-bond acceptors (Lipinski definition) is 2. The lowest BCUT2D eigenvalue weighted by atomic mass is 10.0. The first-order valence-electron chi connectivity index (χ1n) is 6.55. The minimum atomic E-state index is 0.809. The highest BCUT2D eigenvalue weighted by Crippen LogP contribution is 2.32. The fraction of sp³-hybridized carbons (Fsp3) is 0.643. The second kappa shape index (κ2) is 4.54. The van der Waals surface area contributed by atoms with E-state index in [0.29, 0.717) is 0 Å². The Morgan fingerprint density at radius 1 is 1.06 bits per heavy atom. The van der Waals surface area contributed by atoms with Gasteiger partial charge in [0.05, 0.1) is 0 Å². The van der Waals surface area contributed by atoms with Crippen LogP contribution < -0.4 is 5.32 Å². The van der Waals surface area contributed by atoms with Crippen LogP contribution in [0.1, 0.15) is 30.7 Å². The van der Waals surface area contributed by atoms with Gasteiger partial charge in [0.25, 0.3) is 0 Å². The molecule has 86 valence electrons. The van der Waals surface area contributed by atoms with Crippen molar-refractivity contribution in [3.63, 3.8) is 0 Å². The predicted molar refractivity (Wildman–Crippen MR) is 65.3 cm³/mol. The Bertz CT molecular complexity index is 352. The summed E-state index contributed by atoms with van der Waals surface area (Å²) in [6, 6.07) is 6.56. The molecule has 0 bridgehead atoms. The molecule has 2 fully saturated rings. The molecule has 2 heterocycles. The number of pyridine rings is 1. The van der Waals surface area contributed by atoms with E-state index in [4.69, 9.17) is 4.98 Å². The minimum Gasteiger partial charge on any atom is -0.316 e. The second-order valence-electron chi connectivity index (χ2n) is 5.33. The van der Waals surface area contributed by atoms with Crippen molar-refractivity contribution in [3.05, 3.63) is 29.6 Å². The second-order valence-corrected chi connectivity index (χ2v) is 5.33. The van der Waals surface area contributed by atoms with Crippen molar-refractivity contribution in [3.8, 4) is 0 Å². The first-order valence-corrected chi connectivity index (χ1v) is 6.55. The van der Waals surface area contributed by atoms with E-state index in [0.717, 1.165) is 18.3 Å². The maximum Gasteiger partial charge on any atom is 0.0410 e. The molecular weight excluding hydrogens is 196 g/mol. The van der Waals surface area contributed by atoms with Crippen LogP contribution in [0.5, 0.6) is 0 Å². The summed E-state index contributed by atoms with van der Waals surface area (Å²) in [5.74, 6) is 1.75. The van der Waals surface area contributed by atoms with Gasteiger partial charge in [0, 0.05) is 11.4 Å². The summed E-state index contributed by atoms with van der Waals surface area (Å²) in [5, 5.41) is 3.42. The third-order valence-electron chi connectivity index (χ3n) is 3.72. The van der Waals surface area contributed by atoms with Gasteiger partial charge in [0.2, 0.25) is 0 Å². The Balaban J connectivity index is 1.63. The van der Waals surface area contributed by atoms with Gasteiger partial charge >= 0.3 is 0 Å². The van der Waals surface area contributed by atoms with Crippen molar-refractivity contribution in [1.29, 1.82) is 0 Å². The monoisotopic (exact) mass is 216 g/mol. The first kappa shape index (κ1) is 10.3. The summed E-state index contributed by atoms with van der Waals surface area (Å²) >= 11 is 0. The maximum atomic E-state index is 4.79. The third-order valence-corrected chi connectivity index (χ3v) is 3.72. The van der Waals surface area contributed by atoms with E-state index in [1.165, 1.54) is 50.2 Å². The number of nitrogens with one attached hydrogen (secondary N) is 1. The van der Waals surface area contributed by atoms with Crippen LogP contribution in [-0.4, -0.2) is 18.1 Å². The summed E-state index contributed by atoms with van der Waals surface area (Å²) in [7, 11) is 0. The van der Waals surface area contributed by atoms with E-state index in [1.54, 1.807) is 0 Å². The van der Waals surface area contributed by atoms with E-state index in [2.05, 4.69) is 23.5 Å². The van der Waals surface area contributed by atoms with E-state index in [9.17, 15) is 0 Å². The molecule has 1 aromatic heterocycles. The fourth-order valence-electron chi connectivity index (χ4n) is 2.56. The molecule has 1 aliphatic heterocycles. The Morgan fingerprint density at radius 2 is 1.81 bits per heavy atom. The minimum absolute atomic E-state index is 0.809. The summed E-state index contributed by atoms with van der Waals surface area (Å²) in [5.41, 5.74) is 2.61. The molecule has 1 N–H and O–H groups in total. The third kappa shape index (κ3) is 2.62. The van der Waals surface area contributed by atoms with E-state index in [-0.39, 0.29) is 0 Å². The van der Waals surface area contributed by atoms with Crippen molar-refractivity contribution in [1.82, 2.24) is 10.3 Å². The SMILES string of the molecule is c1cc(CC2CC2)nc(CC2CCNC2)c1. The molecule has 1 aromatic rings. The van der Waals surface area contributed by atoms with Crippen LogP contribution in [0.3, 0.4) is 0 Å². The Labute approximate surface area is 97.5 Å². The van der Waals surface area contributed by atoms with Crippen molar-refractivity contribution < 1.29 is 0 Å². The van der Waals surface area contributed by atoms with E-state index < -0.39 is 0 Å². The average Bonchev–Trinajstić information content (AvgIpc) is 2.94. The number of rotatable bonds is 4. The molecule has 0 amide bonds. The average molecular weight is 216 g/mol. The smallest absolute Gasteiger partial charge is 0.0410 e. The lowest BCUT2D eigenvalue weighted by Crippen LogP contribution is -2.11. The number of hydrogen-bond donors (Lipinski definition) is 1. The molecule has 0 aromatic carbocycles. The van der Waals surface area contributed by atoms with Gasteiger partial charge in [-0.15, -0.1) is 0 Å². The molecule has 1 aliphatic carbocycles. The summed E-state index contributed by atoms with van der Waals surface area (Å²) in [6.07, 6.45) is 6.51. The summed E-state index contributed by atoms with van der Waals surface area (Å²) in [4.78, 5) is 4.79. The highest BCUT2D eigenvalue weighted by Gasteiger charge is 2.22. The van der Waals surface area contributed by atoms with E-state index >= 15 is 0 Å². The highest BCUT2D eigenvalue weighted by molar-refractivity contribution is 5.13. The van der Waals surface area contributed by atoms with Gasteiger partial charge in [0.15, 0.2) is 0 Å². The van der Waals surface area contributed by atoms with Crippen molar-refractivity contribution in [2.24, 2.45) is 11.8 Å². The van der Waals surface area contributed by atoms with Crippen LogP contribution in [0, 0.1) is 11.8 Å². The molecule has 1 atom stereocenters. The molecule has 16 heavy (non-hydrogen) atoms. The van der Waals surface area contributed by atoms with Gasteiger partial charge < -0.3 is 5.32 Å². The van der Waals surface area contributed by atoms with Crippen LogP contribution >= 0.6 is 0 Å². The number of aromatic nitrogens is 1. The number of nitrogens with zero attached hydrogens (tertiary/aromatic N) is 1. The molecule has 0 radical (unpaired) electrons. The summed E-state index contributed by atoms with van der Waals surface area (Å²) in [6.45, 7) is 2.36. The predicted octanol–water partition coefficient (Wildman–Crippen LogP) is 2.19. The van der Waals surface area contributed by atoms with Gasteiger partial charge in [-0.1, -0.05) is 6.07 Å². The lowest BCUT2D eigenvalue weighted by molar-refractivity contribution is 0.569. The van der Waals surface area contributed by atoms with Crippen LogP contribution in [0.4, 0.5) is 0 Å². The molecule has 3 rings (SSSR count). The van der Waals surface area contributed by atoms with Gasteiger partial charge in [0.1, 0.15) is 0 Å². The molecule has 1 unspecified atom stereocenters. The Kier molecular flexibility index (Phi) is 2.92. The molecule has 0 spiro atoms. The highest BCUT2D eigenvalue weighted by atomic mass is 14.9. The lowest BCUT2D eigenvalue weighted by Gasteiger charge is -2.08. The van der Waals surface area contributed by atoms with Crippen LogP contribution in [-0.2, 0) is 12.8 Å². The Hall–Kier alpha value is -0.890. The molecule has 1 saturated carbocycles. The quantitative estimate of drug-likeness (QED) is 0.834. The van der Waals surface area contributed by atoms with Gasteiger partial charge in [-0.3, -0.25) is 4.98 Å². The Morgan fingerprint density at radius 3 is 2.44 bits per heavy atom. The van der Waals surface area contributed by atoms with Gasteiger partial charge in [-0.25, -0.2) is 0 Å². The van der Waals surface area contributed by atoms with Gasteiger partial charge in [-0.05, 0) is 69.2 Å². The van der Waals surface area contributed by atoms with Crippen molar-refractivity contribution >= 4 is 0 Å². The van der Waals surface area contributed by atoms with Gasteiger partial charge in [-0.2, -0.15) is 0 Å². The van der Waals surface area contributed by atoms with Crippen molar-refractivity contribution in [2.75, 3.05) is 13.1 Å². The zero-order valence-corrected chi connectivity index (χ0v) is 9.78. The molecular formula is C14H20N2.